The summed E-state index contributed by atoms with van der Waals surface area (Å²) in [6, 6.07) is 17.6. The molecule has 1 aromatic heterocycles. The van der Waals surface area contributed by atoms with Gasteiger partial charge in [0, 0.05) is 12.1 Å². The van der Waals surface area contributed by atoms with Gasteiger partial charge < -0.3 is 15.4 Å². The molecule has 0 radical (unpaired) electrons. The van der Waals surface area contributed by atoms with Crippen molar-refractivity contribution in [3.8, 4) is 23.1 Å². The fraction of sp³-hybridized carbons (Fsp3) is 0.370. The lowest BCUT2D eigenvalue weighted by molar-refractivity contribution is 0.0937. The van der Waals surface area contributed by atoms with Gasteiger partial charge in [0.05, 0.1) is 24.8 Å². The molecule has 7 nitrogen and oxygen atoms in total. The molecule has 1 amide bonds. The number of hydrogen-bond donors (Lipinski definition) is 2. The smallest absolute Gasteiger partial charge is 0.255 e. The molecule has 7 heteroatoms. The normalized spacial score (nSPS) is 14.4. The minimum atomic E-state index is -0.199. The highest BCUT2D eigenvalue weighted by Gasteiger charge is 2.26. The first-order valence-electron chi connectivity index (χ1n) is 11.9. The number of hydrogen-bond acceptors (Lipinski definition) is 5. The molecule has 0 aliphatic heterocycles. The zero-order valence-electron chi connectivity index (χ0n) is 20.0. The van der Waals surface area contributed by atoms with Crippen molar-refractivity contribution in [1.82, 2.24) is 15.1 Å². The van der Waals surface area contributed by atoms with Crippen molar-refractivity contribution in [2.45, 2.75) is 51.6 Å². The summed E-state index contributed by atoms with van der Waals surface area (Å²) in [5.41, 5.74) is 3.63. The van der Waals surface area contributed by atoms with E-state index in [0.717, 1.165) is 36.3 Å². The SMILES string of the molecule is CCNc1c(C#N)c(-c2ccc(C(C)NC(=O)c3ccccc3OC)cc2)nn1C1CCCC1. The zero-order valence-corrected chi connectivity index (χ0v) is 20.0. The molecule has 1 aliphatic rings. The average molecular weight is 458 g/mol. The first-order valence-corrected chi connectivity index (χ1v) is 11.9. The quantitative estimate of drug-likeness (QED) is 0.468. The van der Waals surface area contributed by atoms with Crippen molar-refractivity contribution in [3.63, 3.8) is 0 Å². The standard InChI is InChI=1S/C27H31N5O2/c1-4-29-26-23(17-28)25(31-32(26)21-9-5-6-10-21)20-15-13-19(14-16-20)18(2)30-27(33)22-11-7-8-12-24(22)34-3/h7-8,11-16,18,21,29H,4-6,9-10H2,1-3H3,(H,30,33). The molecule has 0 saturated heterocycles. The van der Waals surface area contributed by atoms with Gasteiger partial charge in [-0.3, -0.25) is 4.79 Å². The lowest BCUT2D eigenvalue weighted by Gasteiger charge is -2.16. The number of nitrogens with zero attached hydrogens (tertiary/aromatic N) is 3. The molecule has 4 rings (SSSR count). The molecule has 2 N–H and O–H groups in total. The maximum atomic E-state index is 12.8. The molecule has 1 fully saturated rings. The Labute approximate surface area is 200 Å². The van der Waals surface area contributed by atoms with Crippen LogP contribution in [0.5, 0.6) is 5.75 Å². The number of anilines is 1. The van der Waals surface area contributed by atoms with Crippen LogP contribution in [-0.4, -0.2) is 29.3 Å². The fourth-order valence-corrected chi connectivity index (χ4v) is 4.61. The van der Waals surface area contributed by atoms with E-state index in [9.17, 15) is 10.1 Å². The number of rotatable bonds is 8. The Balaban J connectivity index is 1.57. The number of nitrogens with one attached hydrogen (secondary N) is 2. The lowest BCUT2D eigenvalue weighted by Crippen LogP contribution is -2.27. The second kappa shape index (κ2) is 10.4. The van der Waals surface area contributed by atoms with Gasteiger partial charge in [0.1, 0.15) is 28.9 Å². The molecule has 1 unspecified atom stereocenters. The van der Waals surface area contributed by atoms with Gasteiger partial charge in [0.25, 0.3) is 5.91 Å². The summed E-state index contributed by atoms with van der Waals surface area (Å²) in [7, 11) is 1.55. The molecule has 3 aromatic rings. The Morgan fingerprint density at radius 3 is 2.56 bits per heavy atom. The Morgan fingerprint density at radius 1 is 1.21 bits per heavy atom. The van der Waals surface area contributed by atoms with Gasteiger partial charge in [0.2, 0.25) is 0 Å². The van der Waals surface area contributed by atoms with Gasteiger partial charge in [-0.15, -0.1) is 0 Å². The number of methoxy groups -OCH3 is 1. The first kappa shape index (κ1) is 23.4. The molecule has 1 aliphatic carbocycles. The van der Waals surface area contributed by atoms with Crippen LogP contribution in [-0.2, 0) is 0 Å². The van der Waals surface area contributed by atoms with Crippen LogP contribution in [0.1, 0.15) is 73.1 Å². The largest absolute Gasteiger partial charge is 0.496 e. The van der Waals surface area contributed by atoms with Crippen LogP contribution in [0.15, 0.2) is 48.5 Å². The van der Waals surface area contributed by atoms with Crippen LogP contribution in [0, 0.1) is 11.3 Å². The molecular formula is C27H31N5O2. The monoisotopic (exact) mass is 457 g/mol. The van der Waals surface area contributed by atoms with E-state index >= 15 is 0 Å². The fourth-order valence-electron chi connectivity index (χ4n) is 4.61. The average Bonchev–Trinajstić information content (AvgIpc) is 3.52. The topological polar surface area (TPSA) is 92.0 Å². The Hall–Kier alpha value is -3.79. The van der Waals surface area contributed by atoms with E-state index in [1.165, 1.54) is 12.8 Å². The Morgan fingerprint density at radius 2 is 1.91 bits per heavy atom. The molecule has 2 aromatic carbocycles. The van der Waals surface area contributed by atoms with Crippen molar-refractivity contribution in [1.29, 1.82) is 5.26 Å². The van der Waals surface area contributed by atoms with Crippen molar-refractivity contribution < 1.29 is 9.53 Å². The number of benzene rings is 2. The minimum Gasteiger partial charge on any atom is -0.496 e. The summed E-state index contributed by atoms with van der Waals surface area (Å²) >= 11 is 0. The Kier molecular flexibility index (Phi) is 7.17. The van der Waals surface area contributed by atoms with E-state index in [0.29, 0.717) is 28.6 Å². The van der Waals surface area contributed by atoms with E-state index < -0.39 is 0 Å². The van der Waals surface area contributed by atoms with Crippen molar-refractivity contribution in [2.24, 2.45) is 0 Å². The third kappa shape index (κ3) is 4.62. The van der Waals surface area contributed by atoms with E-state index in [-0.39, 0.29) is 11.9 Å². The van der Waals surface area contributed by atoms with E-state index in [1.807, 2.05) is 54.9 Å². The predicted molar refractivity (Wildman–Crippen MR) is 133 cm³/mol. The van der Waals surface area contributed by atoms with Crippen LogP contribution in [0.3, 0.4) is 0 Å². The molecule has 0 spiro atoms. The lowest BCUT2D eigenvalue weighted by atomic mass is 10.0. The van der Waals surface area contributed by atoms with Gasteiger partial charge in [0.15, 0.2) is 0 Å². The summed E-state index contributed by atoms with van der Waals surface area (Å²) in [5.74, 6) is 1.17. The second-order valence-corrected chi connectivity index (χ2v) is 8.61. The zero-order chi connectivity index (χ0) is 24.1. The molecular weight excluding hydrogens is 426 g/mol. The van der Waals surface area contributed by atoms with Crippen molar-refractivity contribution in [2.75, 3.05) is 19.0 Å². The van der Waals surface area contributed by atoms with E-state index in [4.69, 9.17) is 9.84 Å². The number of nitriles is 1. The van der Waals surface area contributed by atoms with Crippen molar-refractivity contribution in [3.05, 3.63) is 65.2 Å². The summed E-state index contributed by atoms with van der Waals surface area (Å²) in [6.07, 6.45) is 4.57. The summed E-state index contributed by atoms with van der Waals surface area (Å²) in [4.78, 5) is 12.8. The predicted octanol–water partition coefficient (Wildman–Crippen LogP) is 5.47. The van der Waals surface area contributed by atoms with Crippen LogP contribution < -0.4 is 15.4 Å². The number of carbonyl (C=O) groups is 1. The Bertz CT molecular complexity index is 1190. The highest BCUT2D eigenvalue weighted by Crippen LogP contribution is 2.36. The number of aromatic nitrogens is 2. The van der Waals surface area contributed by atoms with Gasteiger partial charge in [-0.05, 0) is 44.4 Å². The van der Waals surface area contributed by atoms with Crippen LogP contribution in [0.25, 0.3) is 11.3 Å². The second-order valence-electron chi connectivity index (χ2n) is 8.61. The van der Waals surface area contributed by atoms with E-state index in [2.05, 4.69) is 16.7 Å². The number of para-hydroxylation sites is 1. The summed E-state index contributed by atoms with van der Waals surface area (Å²) in [5, 5.41) is 21.2. The highest BCUT2D eigenvalue weighted by atomic mass is 16.5. The van der Waals surface area contributed by atoms with Gasteiger partial charge in [-0.25, -0.2) is 4.68 Å². The number of ether oxygens (including phenoxy) is 1. The van der Waals surface area contributed by atoms with Crippen molar-refractivity contribution >= 4 is 11.7 Å². The third-order valence-electron chi connectivity index (χ3n) is 6.42. The number of amides is 1. The molecule has 0 bridgehead atoms. The van der Waals surface area contributed by atoms with Gasteiger partial charge >= 0.3 is 0 Å². The van der Waals surface area contributed by atoms with Crippen LogP contribution >= 0.6 is 0 Å². The third-order valence-corrected chi connectivity index (χ3v) is 6.42. The summed E-state index contributed by atoms with van der Waals surface area (Å²) < 4.78 is 7.33. The number of carbonyl (C=O) groups excluding carboxylic acids is 1. The molecule has 1 saturated carbocycles. The van der Waals surface area contributed by atoms with Crippen LogP contribution in [0.4, 0.5) is 5.82 Å². The van der Waals surface area contributed by atoms with E-state index in [1.54, 1.807) is 19.2 Å². The maximum Gasteiger partial charge on any atom is 0.255 e. The maximum absolute atomic E-state index is 12.8. The highest BCUT2D eigenvalue weighted by molar-refractivity contribution is 5.97. The minimum absolute atomic E-state index is 0.189. The van der Waals surface area contributed by atoms with Gasteiger partial charge in [-0.2, -0.15) is 10.4 Å². The molecule has 176 valence electrons. The summed E-state index contributed by atoms with van der Waals surface area (Å²) in [6.45, 7) is 4.71. The first-order chi connectivity index (χ1) is 16.6. The molecule has 1 atom stereocenters. The molecule has 34 heavy (non-hydrogen) atoms. The van der Waals surface area contributed by atoms with Gasteiger partial charge in [-0.1, -0.05) is 49.2 Å². The molecule has 1 heterocycles. The van der Waals surface area contributed by atoms with Crippen LogP contribution in [0.2, 0.25) is 0 Å².